The van der Waals surface area contributed by atoms with Crippen LogP contribution < -0.4 is 5.43 Å². The normalized spacial score (nSPS) is 11.2. The summed E-state index contributed by atoms with van der Waals surface area (Å²) in [6.07, 6.45) is 1.70. The summed E-state index contributed by atoms with van der Waals surface area (Å²) in [6, 6.07) is 18.0. The summed E-state index contributed by atoms with van der Waals surface area (Å²) in [5.41, 5.74) is 9.19. The second-order valence-electron chi connectivity index (χ2n) is 6.83. The first-order valence-corrected chi connectivity index (χ1v) is 10.9. The molecule has 1 amide bonds. The highest BCUT2D eigenvalue weighted by atomic mass is 35.5. The number of carbonyl (C=O) groups excluding carboxylic acids is 1. The van der Waals surface area contributed by atoms with Crippen LogP contribution in [0.4, 0.5) is 0 Å². The predicted molar refractivity (Wildman–Crippen MR) is 123 cm³/mol. The molecule has 0 saturated carbocycles. The number of aryl methyl sites for hydroxylation is 2. The maximum atomic E-state index is 12.0. The molecule has 0 aliphatic carbocycles. The molecule has 2 aromatic carbocycles. The molecule has 0 fully saturated rings. The van der Waals surface area contributed by atoms with Crippen molar-refractivity contribution < 1.29 is 4.79 Å². The first-order chi connectivity index (χ1) is 14.0. The van der Waals surface area contributed by atoms with E-state index in [1.807, 2.05) is 36.4 Å². The Morgan fingerprint density at radius 3 is 2.62 bits per heavy atom. The third kappa shape index (κ3) is 5.31. The van der Waals surface area contributed by atoms with Crippen LogP contribution in [0.25, 0.3) is 5.69 Å². The zero-order valence-corrected chi connectivity index (χ0v) is 18.3. The molecule has 1 N–H and O–H groups in total. The van der Waals surface area contributed by atoms with Gasteiger partial charge in [0.05, 0.1) is 12.0 Å². The monoisotopic (exact) mass is 425 g/mol. The molecule has 0 unspecified atom stereocenters. The van der Waals surface area contributed by atoms with Crippen LogP contribution in [-0.2, 0) is 10.5 Å². The number of nitrogens with one attached hydrogen (secondary N) is 1. The van der Waals surface area contributed by atoms with Gasteiger partial charge in [-0.15, -0.1) is 11.8 Å². The molecule has 0 saturated heterocycles. The van der Waals surface area contributed by atoms with Crippen LogP contribution in [0.15, 0.2) is 59.7 Å². The van der Waals surface area contributed by atoms with Crippen molar-refractivity contribution in [2.45, 2.75) is 26.5 Å². The summed E-state index contributed by atoms with van der Waals surface area (Å²) in [7, 11) is 0. The summed E-state index contributed by atoms with van der Waals surface area (Å²) in [5, 5.41) is 4.86. The lowest BCUT2D eigenvalue weighted by Crippen LogP contribution is -2.19. The van der Waals surface area contributed by atoms with Crippen molar-refractivity contribution in [2.24, 2.45) is 5.10 Å². The van der Waals surface area contributed by atoms with Crippen molar-refractivity contribution in [1.29, 1.82) is 0 Å². The fourth-order valence-corrected chi connectivity index (χ4v) is 4.28. The Kier molecular flexibility index (Phi) is 7.18. The van der Waals surface area contributed by atoms with Crippen LogP contribution >= 0.6 is 23.4 Å². The van der Waals surface area contributed by atoms with Gasteiger partial charge in [-0.05, 0) is 50.1 Å². The van der Waals surface area contributed by atoms with Gasteiger partial charge in [-0.2, -0.15) is 5.10 Å². The van der Waals surface area contributed by atoms with Crippen LogP contribution in [0.3, 0.4) is 0 Å². The molecule has 4 nitrogen and oxygen atoms in total. The smallest absolute Gasteiger partial charge is 0.250 e. The number of carbonyl (C=O) groups is 1. The highest BCUT2D eigenvalue weighted by Crippen LogP contribution is 2.22. The second kappa shape index (κ2) is 9.81. The molecule has 0 spiro atoms. The molecule has 0 bridgehead atoms. The maximum Gasteiger partial charge on any atom is 0.250 e. The van der Waals surface area contributed by atoms with Crippen LogP contribution in [0.1, 0.15) is 28.1 Å². The largest absolute Gasteiger partial charge is 0.318 e. The van der Waals surface area contributed by atoms with Gasteiger partial charge in [-0.3, -0.25) is 4.79 Å². The summed E-state index contributed by atoms with van der Waals surface area (Å²) < 4.78 is 2.21. The van der Waals surface area contributed by atoms with E-state index in [1.54, 1.807) is 6.21 Å². The van der Waals surface area contributed by atoms with Crippen molar-refractivity contribution in [1.82, 2.24) is 9.99 Å². The number of benzene rings is 2. The number of hydrogen-bond donors (Lipinski definition) is 1. The lowest BCUT2D eigenvalue weighted by atomic mass is 10.2. The third-order valence-corrected chi connectivity index (χ3v) is 6.02. The Morgan fingerprint density at radius 2 is 1.86 bits per heavy atom. The number of amides is 1. The van der Waals surface area contributed by atoms with Crippen LogP contribution in [-0.4, -0.2) is 22.4 Å². The zero-order chi connectivity index (χ0) is 20.8. The predicted octanol–water partition coefficient (Wildman–Crippen LogP) is 5.44. The molecule has 1 heterocycles. The molecule has 6 heteroatoms. The molecular weight excluding hydrogens is 402 g/mol. The van der Waals surface area contributed by atoms with Gasteiger partial charge in [0.15, 0.2) is 0 Å². The molecular formula is C23H24ClN3OS. The standard InChI is InChI=1S/C23H24ClN3OS/c1-16-8-4-7-11-22(16)27-17(2)12-20(18(27)3)13-25-26-23(28)15-29-14-19-9-5-6-10-21(19)24/h4-13H,14-15H2,1-3H3,(H,26,28)/b25-13-. The fraction of sp³-hybridized carbons (Fsp3) is 0.217. The summed E-state index contributed by atoms with van der Waals surface area (Å²) in [6.45, 7) is 6.23. The number of aromatic nitrogens is 1. The number of hydrogen-bond acceptors (Lipinski definition) is 3. The Morgan fingerprint density at radius 1 is 1.14 bits per heavy atom. The van der Waals surface area contributed by atoms with Crippen molar-refractivity contribution in [2.75, 3.05) is 5.75 Å². The zero-order valence-electron chi connectivity index (χ0n) is 16.8. The molecule has 0 atom stereocenters. The lowest BCUT2D eigenvalue weighted by Gasteiger charge is -2.12. The topological polar surface area (TPSA) is 46.4 Å². The Labute approximate surface area is 181 Å². The number of halogens is 1. The minimum atomic E-state index is -0.133. The van der Waals surface area contributed by atoms with Crippen LogP contribution in [0.2, 0.25) is 5.02 Å². The molecule has 0 radical (unpaired) electrons. The average molecular weight is 426 g/mol. The van der Waals surface area contributed by atoms with E-state index in [2.05, 4.69) is 54.1 Å². The molecule has 0 aliphatic heterocycles. The van der Waals surface area contributed by atoms with E-state index in [1.165, 1.54) is 17.3 Å². The number of rotatable bonds is 7. The molecule has 3 aromatic rings. The van der Waals surface area contributed by atoms with Gasteiger partial charge < -0.3 is 4.57 Å². The van der Waals surface area contributed by atoms with E-state index < -0.39 is 0 Å². The lowest BCUT2D eigenvalue weighted by molar-refractivity contribution is -0.118. The van der Waals surface area contributed by atoms with Crippen LogP contribution in [0.5, 0.6) is 0 Å². The van der Waals surface area contributed by atoms with Crippen molar-refractivity contribution >= 4 is 35.5 Å². The molecule has 29 heavy (non-hydrogen) atoms. The summed E-state index contributed by atoms with van der Waals surface area (Å²) in [5.74, 6) is 0.880. The van der Waals surface area contributed by atoms with E-state index in [0.29, 0.717) is 11.5 Å². The quantitative estimate of drug-likeness (QED) is 0.404. The number of nitrogens with zero attached hydrogens (tertiary/aromatic N) is 2. The Hall–Kier alpha value is -2.50. The van der Waals surface area contributed by atoms with E-state index in [4.69, 9.17) is 11.6 Å². The van der Waals surface area contributed by atoms with Crippen molar-refractivity contribution in [3.8, 4) is 5.69 Å². The van der Waals surface area contributed by atoms with Crippen molar-refractivity contribution in [3.63, 3.8) is 0 Å². The summed E-state index contributed by atoms with van der Waals surface area (Å²) in [4.78, 5) is 12.0. The Balaban J connectivity index is 1.58. The summed E-state index contributed by atoms with van der Waals surface area (Å²) >= 11 is 7.64. The van der Waals surface area contributed by atoms with E-state index in [-0.39, 0.29) is 5.91 Å². The van der Waals surface area contributed by atoms with Gasteiger partial charge in [-0.25, -0.2) is 5.43 Å². The SMILES string of the molecule is Cc1ccccc1-n1c(C)cc(/C=N\NC(=O)CSCc2ccccc2Cl)c1C. The molecule has 3 rings (SSSR count). The van der Waals surface area contributed by atoms with Gasteiger partial charge >= 0.3 is 0 Å². The van der Waals surface area contributed by atoms with Gasteiger partial charge in [0.2, 0.25) is 5.91 Å². The van der Waals surface area contributed by atoms with Gasteiger partial charge in [-0.1, -0.05) is 48.0 Å². The molecule has 150 valence electrons. The Bertz CT molecular complexity index is 1040. The number of thioether (sulfide) groups is 1. The maximum absolute atomic E-state index is 12.0. The molecule has 0 aliphatic rings. The van der Waals surface area contributed by atoms with Gasteiger partial charge in [0, 0.05) is 33.4 Å². The van der Waals surface area contributed by atoms with E-state index in [0.717, 1.165) is 33.2 Å². The van der Waals surface area contributed by atoms with Gasteiger partial charge in [0.25, 0.3) is 0 Å². The third-order valence-electron chi connectivity index (χ3n) is 4.67. The highest BCUT2D eigenvalue weighted by molar-refractivity contribution is 7.99. The highest BCUT2D eigenvalue weighted by Gasteiger charge is 2.11. The number of hydrazone groups is 1. The average Bonchev–Trinajstić information content (AvgIpc) is 2.97. The number of para-hydroxylation sites is 1. The van der Waals surface area contributed by atoms with Crippen molar-refractivity contribution in [3.05, 3.63) is 87.7 Å². The first kappa shape index (κ1) is 21.2. The van der Waals surface area contributed by atoms with Crippen LogP contribution in [0, 0.1) is 20.8 Å². The second-order valence-corrected chi connectivity index (χ2v) is 8.22. The fourth-order valence-electron chi connectivity index (χ4n) is 3.18. The minimum Gasteiger partial charge on any atom is -0.318 e. The minimum absolute atomic E-state index is 0.133. The van der Waals surface area contributed by atoms with E-state index in [9.17, 15) is 4.79 Å². The first-order valence-electron chi connectivity index (χ1n) is 9.35. The van der Waals surface area contributed by atoms with Gasteiger partial charge in [0.1, 0.15) is 0 Å². The molecule has 1 aromatic heterocycles. The van der Waals surface area contributed by atoms with E-state index >= 15 is 0 Å².